The molecule has 5 nitrogen and oxygen atoms in total. The fourth-order valence-corrected chi connectivity index (χ4v) is 4.19. The predicted octanol–water partition coefficient (Wildman–Crippen LogP) is 2.36. The molecular weight excluding hydrogens is 264 g/mol. The Morgan fingerprint density at radius 2 is 2.32 bits per heavy atom. The van der Waals surface area contributed by atoms with Gasteiger partial charge in [0.05, 0.1) is 17.9 Å². The molecule has 1 atom stereocenters. The molecule has 104 valence electrons. The molecule has 0 radical (unpaired) electrons. The van der Waals surface area contributed by atoms with Gasteiger partial charge >= 0.3 is 0 Å². The van der Waals surface area contributed by atoms with Crippen LogP contribution in [0.2, 0.25) is 0 Å². The summed E-state index contributed by atoms with van der Waals surface area (Å²) < 4.78 is 31.6. The molecule has 6 heteroatoms. The van der Waals surface area contributed by atoms with Crippen LogP contribution < -0.4 is 0 Å². The van der Waals surface area contributed by atoms with Gasteiger partial charge in [-0.25, -0.2) is 8.42 Å². The molecule has 1 fully saturated rings. The Morgan fingerprint density at radius 1 is 1.53 bits per heavy atom. The molecule has 2 heterocycles. The molecule has 1 aromatic rings. The summed E-state index contributed by atoms with van der Waals surface area (Å²) in [5.41, 5.74) is 0. The zero-order valence-corrected chi connectivity index (χ0v) is 11.8. The summed E-state index contributed by atoms with van der Waals surface area (Å²) in [7, 11) is -3.30. The van der Waals surface area contributed by atoms with E-state index in [1.54, 1.807) is 0 Å². The van der Waals surface area contributed by atoms with Crippen molar-refractivity contribution < 1.29 is 12.8 Å². The van der Waals surface area contributed by atoms with E-state index >= 15 is 0 Å². The first-order valence-electron chi connectivity index (χ1n) is 6.47. The minimum absolute atomic E-state index is 0.0384. The third-order valence-electron chi connectivity index (χ3n) is 3.34. The van der Waals surface area contributed by atoms with Crippen molar-refractivity contribution in [3.05, 3.63) is 23.7 Å². The lowest BCUT2D eigenvalue weighted by Gasteiger charge is -2.22. The smallest absolute Gasteiger partial charge is 0.214 e. The van der Waals surface area contributed by atoms with E-state index in [4.69, 9.17) is 9.68 Å². The van der Waals surface area contributed by atoms with Crippen LogP contribution in [0.1, 0.15) is 43.2 Å². The Labute approximate surface area is 113 Å². The quantitative estimate of drug-likeness (QED) is 0.777. The van der Waals surface area contributed by atoms with E-state index in [1.807, 2.05) is 25.1 Å². The van der Waals surface area contributed by atoms with Crippen molar-refractivity contribution in [1.29, 1.82) is 5.26 Å². The second-order valence-electron chi connectivity index (χ2n) is 4.79. The fraction of sp³-hybridized carbons (Fsp3) is 0.615. The lowest BCUT2D eigenvalue weighted by atomic mass is 10.2. The normalized spacial score (nSPS) is 20.5. The summed E-state index contributed by atoms with van der Waals surface area (Å²) in [6, 6.07) is 5.50. The van der Waals surface area contributed by atoms with Crippen molar-refractivity contribution in [3.8, 4) is 6.07 Å². The standard InChI is InChI=1S/C13H18N2O3S/c1-11-6-7-13(18-11)12-5-4-9-15(12)19(16,17)10-3-2-8-14/h6-7,12H,2-5,9-10H2,1H3. The van der Waals surface area contributed by atoms with Gasteiger partial charge in [-0.05, 0) is 38.3 Å². The van der Waals surface area contributed by atoms with Gasteiger partial charge in [0.25, 0.3) is 0 Å². The van der Waals surface area contributed by atoms with Crippen LogP contribution in [0.25, 0.3) is 0 Å². The molecule has 1 aromatic heterocycles. The summed E-state index contributed by atoms with van der Waals surface area (Å²) in [6.45, 7) is 2.39. The van der Waals surface area contributed by atoms with Gasteiger partial charge < -0.3 is 4.42 Å². The van der Waals surface area contributed by atoms with E-state index in [0.29, 0.717) is 13.0 Å². The fourth-order valence-electron chi connectivity index (χ4n) is 2.44. The van der Waals surface area contributed by atoms with Crippen molar-refractivity contribution >= 4 is 10.0 Å². The van der Waals surface area contributed by atoms with Gasteiger partial charge in [-0.3, -0.25) is 0 Å². The largest absolute Gasteiger partial charge is 0.465 e. The van der Waals surface area contributed by atoms with Crippen LogP contribution in [0, 0.1) is 18.3 Å². The Bertz CT molecular complexity index is 571. The number of hydrogen-bond donors (Lipinski definition) is 0. The van der Waals surface area contributed by atoms with Gasteiger partial charge in [-0.2, -0.15) is 9.57 Å². The van der Waals surface area contributed by atoms with Crippen LogP contribution in [-0.2, 0) is 10.0 Å². The van der Waals surface area contributed by atoms with Crippen molar-refractivity contribution in [2.75, 3.05) is 12.3 Å². The highest BCUT2D eigenvalue weighted by Crippen LogP contribution is 2.35. The van der Waals surface area contributed by atoms with Crippen LogP contribution in [0.15, 0.2) is 16.5 Å². The molecule has 0 amide bonds. The Balaban J connectivity index is 2.12. The Morgan fingerprint density at radius 3 is 2.95 bits per heavy atom. The van der Waals surface area contributed by atoms with Gasteiger partial charge in [0.2, 0.25) is 10.0 Å². The molecule has 0 saturated carbocycles. The number of furan rings is 1. The summed E-state index contributed by atoms with van der Waals surface area (Å²) in [5.74, 6) is 1.55. The number of nitrogens with zero attached hydrogens (tertiary/aromatic N) is 2. The molecular formula is C13H18N2O3S. The van der Waals surface area contributed by atoms with Crippen LogP contribution in [0.4, 0.5) is 0 Å². The second kappa shape index (κ2) is 5.76. The van der Waals surface area contributed by atoms with Crippen molar-refractivity contribution in [1.82, 2.24) is 4.31 Å². The van der Waals surface area contributed by atoms with E-state index < -0.39 is 10.0 Å². The van der Waals surface area contributed by atoms with Gasteiger partial charge in [0.15, 0.2) is 0 Å². The molecule has 1 aliphatic heterocycles. The van der Waals surface area contributed by atoms with Crippen molar-refractivity contribution in [3.63, 3.8) is 0 Å². The number of hydrogen-bond acceptors (Lipinski definition) is 4. The highest BCUT2D eigenvalue weighted by atomic mass is 32.2. The zero-order chi connectivity index (χ0) is 13.9. The number of sulfonamides is 1. The first-order valence-corrected chi connectivity index (χ1v) is 8.08. The van der Waals surface area contributed by atoms with E-state index in [9.17, 15) is 8.42 Å². The van der Waals surface area contributed by atoms with Crippen LogP contribution in [0.3, 0.4) is 0 Å². The molecule has 1 unspecified atom stereocenters. The average molecular weight is 282 g/mol. The summed E-state index contributed by atoms with van der Waals surface area (Å²) in [6.07, 6.45) is 2.31. The van der Waals surface area contributed by atoms with Gasteiger partial charge in [-0.15, -0.1) is 0 Å². The molecule has 1 aliphatic rings. The molecule has 0 spiro atoms. The lowest BCUT2D eigenvalue weighted by Crippen LogP contribution is -2.32. The zero-order valence-electron chi connectivity index (χ0n) is 11.0. The van der Waals surface area contributed by atoms with E-state index in [2.05, 4.69) is 0 Å². The predicted molar refractivity (Wildman–Crippen MR) is 70.8 cm³/mol. The maximum atomic E-state index is 12.3. The van der Waals surface area contributed by atoms with Gasteiger partial charge in [-0.1, -0.05) is 0 Å². The van der Waals surface area contributed by atoms with Gasteiger partial charge in [0.1, 0.15) is 11.5 Å². The van der Waals surface area contributed by atoms with E-state index in [-0.39, 0.29) is 18.2 Å². The highest BCUT2D eigenvalue weighted by Gasteiger charge is 2.36. The number of aryl methyl sites for hydroxylation is 1. The number of unbranched alkanes of at least 4 members (excludes halogenated alkanes) is 1. The van der Waals surface area contributed by atoms with E-state index in [1.165, 1.54) is 4.31 Å². The van der Waals surface area contributed by atoms with Crippen molar-refractivity contribution in [2.24, 2.45) is 0 Å². The van der Waals surface area contributed by atoms with Crippen LogP contribution in [0.5, 0.6) is 0 Å². The molecule has 0 N–H and O–H groups in total. The van der Waals surface area contributed by atoms with Crippen LogP contribution >= 0.6 is 0 Å². The molecule has 1 saturated heterocycles. The van der Waals surface area contributed by atoms with Gasteiger partial charge in [0, 0.05) is 13.0 Å². The SMILES string of the molecule is Cc1ccc(C2CCCN2S(=O)(=O)CCCC#N)o1. The maximum Gasteiger partial charge on any atom is 0.214 e. The maximum absolute atomic E-state index is 12.3. The molecule has 19 heavy (non-hydrogen) atoms. The number of nitriles is 1. The molecule has 2 rings (SSSR count). The van der Waals surface area contributed by atoms with E-state index in [0.717, 1.165) is 24.4 Å². The second-order valence-corrected chi connectivity index (χ2v) is 6.84. The van der Waals surface area contributed by atoms with Crippen LogP contribution in [-0.4, -0.2) is 25.0 Å². The summed E-state index contributed by atoms with van der Waals surface area (Å²) in [4.78, 5) is 0. The third-order valence-corrected chi connectivity index (χ3v) is 5.30. The molecule has 0 aliphatic carbocycles. The minimum atomic E-state index is -3.30. The van der Waals surface area contributed by atoms with Crippen molar-refractivity contribution in [2.45, 2.75) is 38.6 Å². The Hall–Kier alpha value is -1.32. The first kappa shape index (κ1) is 14.1. The minimum Gasteiger partial charge on any atom is -0.465 e. The molecule has 0 aromatic carbocycles. The number of rotatable bonds is 5. The first-order chi connectivity index (χ1) is 9.04. The summed E-state index contributed by atoms with van der Waals surface area (Å²) >= 11 is 0. The Kier molecular flexibility index (Phi) is 4.27. The monoisotopic (exact) mass is 282 g/mol. The third kappa shape index (κ3) is 3.17. The topological polar surface area (TPSA) is 74.3 Å². The molecule has 0 bridgehead atoms. The lowest BCUT2D eigenvalue weighted by molar-refractivity contribution is 0.334. The summed E-state index contributed by atoms with van der Waals surface area (Å²) in [5, 5.41) is 8.49. The highest BCUT2D eigenvalue weighted by molar-refractivity contribution is 7.89. The average Bonchev–Trinajstić information content (AvgIpc) is 2.97.